The number of benzene rings is 1. The van der Waals surface area contributed by atoms with Crippen molar-refractivity contribution in [3.63, 3.8) is 0 Å². The summed E-state index contributed by atoms with van der Waals surface area (Å²) < 4.78 is 20.8. The highest BCUT2D eigenvalue weighted by Crippen LogP contribution is 2.44. The number of pyridine rings is 1. The molecule has 4 rings (SSSR count). The Morgan fingerprint density at radius 2 is 2.10 bits per heavy atom. The van der Waals surface area contributed by atoms with Gasteiger partial charge >= 0.3 is 0 Å². The van der Waals surface area contributed by atoms with E-state index in [0.717, 1.165) is 0 Å². The van der Waals surface area contributed by atoms with E-state index in [0.29, 0.717) is 19.4 Å². The number of amides is 2. The van der Waals surface area contributed by atoms with Crippen molar-refractivity contribution in [1.29, 1.82) is 0 Å². The van der Waals surface area contributed by atoms with Crippen molar-refractivity contribution >= 4 is 23.4 Å². The molecule has 1 aliphatic carbocycles. The Balaban J connectivity index is 1.63. The molecule has 1 saturated carbocycles. The fourth-order valence-corrected chi connectivity index (χ4v) is 4.47. The van der Waals surface area contributed by atoms with Gasteiger partial charge in [0.25, 0.3) is 11.8 Å². The fraction of sp³-hybridized carbons (Fsp3) is 0.381. The number of methoxy groups -OCH3 is 1. The van der Waals surface area contributed by atoms with Crippen LogP contribution in [0.15, 0.2) is 29.2 Å². The topological polar surface area (TPSA) is 101 Å². The van der Waals surface area contributed by atoms with Crippen LogP contribution in [0.25, 0.3) is 0 Å². The van der Waals surface area contributed by atoms with E-state index >= 15 is 0 Å². The Morgan fingerprint density at radius 1 is 1.39 bits per heavy atom. The maximum Gasteiger partial charge on any atom is 0.274 e. The lowest BCUT2D eigenvalue weighted by atomic mass is 9.71. The molecular weight excluding hydrogens is 429 g/mol. The molecule has 1 fully saturated rings. The van der Waals surface area contributed by atoms with Crippen molar-refractivity contribution in [3.8, 4) is 5.75 Å². The third kappa shape index (κ3) is 3.37. The average Bonchev–Trinajstić information content (AvgIpc) is 2.72. The van der Waals surface area contributed by atoms with Gasteiger partial charge in [0.1, 0.15) is 11.4 Å². The molecule has 8 nitrogen and oxygen atoms in total. The summed E-state index contributed by atoms with van der Waals surface area (Å²) in [4.78, 5) is 39.6. The van der Waals surface area contributed by atoms with Crippen LogP contribution in [0.5, 0.6) is 5.75 Å². The molecule has 2 heterocycles. The largest absolute Gasteiger partial charge is 0.503 e. The predicted octanol–water partition coefficient (Wildman–Crippen LogP) is 1.91. The van der Waals surface area contributed by atoms with Crippen LogP contribution in [-0.4, -0.2) is 52.2 Å². The van der Waals surface area contributed by atoms with Crippen molar-refractivity contribution in [3.05, 3.63) is 62.3 Å². The maximum absolute atomic E-state index is 14.1. The maximum atomic E-state index is 14.1. The number of likely N-dealkylation sites (N-methyl/N-ethyl adjacent to an activating group) is 1. The summed E-state index contributed by atoms with van der Waals surface area (Å²) >= 11 is 5.74. The predicted molar refractivity (Wildman–Crippen MR) is 110 cm³/mol. The lowest BCUT2D eigenvalue weighted by Crippen LogP contribution is -2.65. The van der Waals surface area contributed by atoms with E-state index in [-0.39, 0.29) is 34.5 Å². The number of ether oxygens (including phenoxy) is 1. The number of nitrogens with one attached hydrogen (secondary N) is 1. The summed E-state index contributed by atoms with van der Waals surface area (Å²) in [6.45, 7) is 0.107. The molecule has 2 aliphatic rings. The zero-order valence-corrected chi connectivity index (χ0v) is 17.7. The molecule has 0 bridgehead atoms. The monoisotopic (exact) mass is 449 g/mol. The Hall–Kier alpha value is -2.91. The lowest BCUT2D eigenvalue weighted by Gasteiger charge is -2.55. The molecule has 1 spiro atoms. The standard InChI is InChI=1S/C21H21ClFN3O5/c1-25-20(30)16-18(28)17(27)13(9-26(16)10-21(25)6-12(7-21)31-2)19(29)24-8-11-4-3-5-14(22)15(11)23/h3-5,9,12,28H,6-8,10H2,1-2H3,(H,24,29). The van der Waals surface area contributed by atoms with E-state index in [2.05, 4.69) is 5.32 Å². The summed E-state index contributed by atoms with van der Waals surface area (Å²) in [6.07, 6.45) is 2.50. The smallest absolute Gasteiger partial charge is 0.274 e. The van der Waals surface area contributed by atoms with Crippen molar-refractivity contribution in [1.82, 2.24) is 14.8 Å². The highest BCUT2D eigenvalue weighted by molar-refractivity contribution is 6.30. The van der Waals surface area contributed by atoms with Crippen LogP contribution < -0.4 is 10.7 Å². The van der Waals surface area contributed by atoms with E-state index in [9.17, 15) is 23.9 Å². The molecule has 0 unspecified atom stereocenters. The average molecular weight is 450 g/mol. The van der Waals surface area contributed by atoms with Gasteiger partial charge in [0, 0.05) is 39.0 Å². The minimum atomic E-state index is -0.962. The summed E-state index contributed by atoms with van der Waals surface area (Å²) in [5, 5.41) is 12.8. The number of rotatable bonds is 4. The highest BCUT2D eigenvalue weighted by atomic mass is 35.5. The van der Waals surface area contributed by atoms with E-state index < -0.39 is 34.3 Å². The van der Waals surface area contributed by atoms with Crippen molar-refractivity contribution in [2.24, 2.45) is 0 Å². The molecule has 2 amide bonds. The van der Waals surface area contributed by atoms with Gasteiger partial charge in [-0.1, -0.05) is 23.7 Å². The van der Waals surface area contributed by atoms with E-state index in [1.165, 1.54) is 27.8 Å². The van der Waals surface area contributed by atoms with Gasteiger partial charge in [0.05, 0.1) is 16.7 Å². The zero-order chi connectivity index (χ0) is 22.5. The molecule has 0 saturated heterocycles. The summed E-state index contributed by atoms with van der Waals surface area (Å²) in [6, 6.07) is 4.38. The zero-order valence-electron chi connectivity index (χ0n) is 16.9. The Bertz CT molecular complexity index is 1140. The molecule has 2 aromatic rings. The number of carbonyl (C=O) groups excluding carboxylic acids is 2. The SMILES string of the molecule is COC1CC2(C1)Cn1cc(C(=O)NCc3cccc(Cl)c3F)c(=O)c(O)c1C(=O)N2C. The minimum absolute atomic E-state index is 0.0140. The molecule has 10 heteroatoms. The molecule has 1 aliphatic heterocycles. The molecule has 1 aromatic heterocycles. The van der Waals surface area contributed by atoms with Gasteiger partial charge in [-0.2, -0.15) is 0 Å². The van der Waals surface area contributed by atoms with Crippen LogP contribution in [0.3, 0.4) is 0 Å². The first-order chi connectivity index (χ1) is 14.7. The number of aromatic hydroxyl groups is 1. The molecule has 0 radical (unpaired) electrons. The Labute approximate surface area is 182 Å². The van der Waals surface area contributed by atoms with Crippen LogP contribution in [0, 0.1) is 5.82 Å². The minimum Gasteiger partial charge on any atom is -0.503 e. The van der Waals surface area contributed by atoms with E-state index in [4.69, 9.17) is 16.3 Å². The van der Waals surface area contributed by atoms with Crippen LogP contribution >= 0.6 is 11.6 Å². The van der Waals surface area contributed by atoms with Crippen LogP contribution in [0.2, 0.25) is 5.02 Å². The Kier molecular flexibility index (Phi) is 5.26. The molecule has 164 valence electrons. The van der Waals surface area contributed by atoms with Crippen LogP contribution in [-0.2, 0) is 17.8 Å². The summed E-state index contributed by atoms with van der Waals surface area (Å²) in [7, 11) is 3.23. The van der Waals surface area contributed by atoms with E-state index in [1.807, 2.05) is 0 Å². The fourth-order valence-electron chi connectivity index (χ4n) is 4.27. The normalized spacial score (nSPS) is 22.3. The highest BCUT2D eigenvalue weighted by Gasteiger charge is 2.53. The van der Waals surface area contributed by atoms with Gasteiger partial charge in [0.15, 0.2) is 11.4 Å². The molecule has 31 heavy (non-hydrogen) atoms. The van der Waals surface area contributed by atoms with Gasteiger partial charge in [-0.05, 0) is 18.9 Å². The van der Waals surface area contributed by atoms with Crippen LogP contribution in [0.4, 0.5) is 4.39 Å². The molecular formula is C21H21ClFN3O5. The first-order valence-electron chi connectivity index (χ1n) is 9.67. The molecule has 0 atom stereocenters. The molecule has 1 aromatic carbocycles. The number of nitrogens with zero attached hydrogens (tertiary/aromatic N) is 2. The summed E-state index contributed by atoms with van der Waals surface area (Å²) in [5.41, 5.74) is -1.81. The second kappa shape index (κ2) is 7.65. The third-order valence-electron chi connectivity index (χ3n) is 6.20. The number of aromatic nitrogens is 1. The number of carbonyl (C=O) groups is 2. The first-order valence-corrected chi connectivity index (χ1v) is 10.0. The van der Waals surface area contributed by atoms with Gasteiger partial charge in [-0.15, -0.1) is 0 Å². The second-order valence-electron chi connectivity index (χ2n) is 7.95. The van der Waals surface area contributed by atoms with Crippen molar-refractivity contribution < 1.29 is 23.8 Å². The van der Waals surface area contributed by atoms with Crippen molar-refractivity contribution in [2.45, 2.75) is 37.6 Å². The van der Waals surface area contributed by atoms with Crippen LogP contribution in [0.1, 0.15) is 39.3 Å². The number of fused-ring (bicyclic) bond motifs is 1. The van der Waals surface area contributed by atoms with E-state index in [1.54, 1.807) is 20.2 Å². The van der Waals surface area contributed by atoms with Gasteiger partial charge in [-0.25, -0.2) is 4.39 Å². The molecule has 2 N–H and O–H groups in total. The third-order valence-corrected chi connectivity index (χ3v) is 6.50. The number of hydrogen-bond acceptors (Lipinski definition) is 5. The van der Waals surface area contributed by atoms with Gasteiger partial charge in [-0.3, -0.25) is 14.4 Å². The number of hydrogen-bond donors (Lipinski definition) is 2. The summed E-state index contributed by atoms with van der Waals surface area (Å²) in [5.74, 6) is -2.74. The quantitative estimate of drug-likeness (QED) is 0.742. The first kappa shape index (κ1) is 21.3. The number of halogens is 2. The Morgan fingerprint density at radius 3 is 2.77 bits per heavy atom. The lowest BCUT2D eigenvalue weighted by molar-refractivity contribution is -0.0848. The van der Waals surface area contributed by atoms with Gasteiger partial charge in [0.2, 0.25) is 5.43 Å². The second-order valence-corrected chi connectivity index (χ2v) is 8.35. The van der Waals surface area contributed by atoms with Crippen molar-refractivity contribution in [2.75, 3.05) is 14.2 Å². The van der Waals surface area contributed by atoms with Gasteiger partial charge < -0.3 is 24.6 Å².